The third-order valence-electron chi connectivity index (χ3n) is 4.48. The molecule has 32 heavy (non-hydrogen) atoms. The summed E-state index contributed by atoms with van der Waals surface area (Å²) in [5, 5.41) is 18.6. The molecule has 10 heteroatoms. The lowest BCUT2D eigenvalue weighted by Crippen LogP contribution is -2.36. The number of aliphatic hydroxyl groups is 1. The quantitative estimate of drug-likeness (QED) is 0.389. The Morgan fingerprint density at radius 2 is 1.34 bits per heavy atom. The smallest absolute Gasteiger partial charge is 0.394 e. The van der Waals surface area contributed by atoms with E-state index in [9.17, 15) is 18.3 Å². The van der Waals surface area contributed by atoms with Gasteiger partial charge in [-0.15, -0.1) is 0 Å². The van der Waals surface area contributed by atoms with Crippen molar-refractivity contribution in [2.24, 2.45) is 0 Å². The summed E-state index contributed by atoms with van der Waals surface area (Å²) in [6.45, 7) is 3.97. The average Bonchev–Trinajstić information content (AvgIpc) is 2.76. The molecule has 2 aromatic carbocycles. The van der Waals surface area contributed by atoms with Gasteiger partial charge in [-0.3, -0.25) is 0 Å². The monoisotopic (exact) mass is 446 g/mol. The molecule has 0 radical (unpaired) electrons. The van der Waals surface area contributed by atoms with Crippen LogP contribution >= 0.6 is 0 Å². The normalized spacial score (nSPS) is 11.8. The van der Waals surface area contributed by atoms with Crippen LogP contribution in [0.3, 0.4) is 0 Å². The van der Waals surface area contributed by atoms with Gasteiger partial charge in [-0.05, 0) is 37.1 Å². The Morgan fingerprint density at radius 1 is 0.781 bits per heavy atom. The van der Waals surface area contributed by atoms with E-state index in [-0.39, 0.29) is 31.0 Å². The summed E-state index contributed by atoms with van der Waals surface area (Å²) < 4.78 is 38.9. The summed E-state index contributed by atoms with van der Waals surface area (Å²) in [5.41, 5.74) is 0.0571. The van der Waals surface area contributed by atoms with E-state index in [1.165, 1.54) is 6.07 Å². The number of anilines is 3. The largest absolute Gasteiger partial charge is 0.416 e. The first kappa shape index (κ1) is 23.3. The maximum Gasteiger partial charge on any atom is 0.416 e. The molecule has 0 saturated carbocycles. The van der Waals surface area contributed by atoms with Crippen molar-refractivity contribution in [2.75, 3.05) is 22.6 Å². The van der Waals surface area contributed by atoms with Crippen molar-refractivity contribution in [1.82, 2.24) is 15.0 Å². The van der Waals surface area contributed by atoms with Crippen LogP contribution in [0.2, 0.25) is 0 Å². The molecule has 1 heterocycles. The molecule has 0 spiro atoms. The van der Waals surface area contributed by atoms with Crippen molar-refractivity contribution in [3.05, 3.63) is 71.3 Å². The zero-order chi connectivity index (χ0) is 23.2. The van der Waals surface area contributed by atoms with Gasteiger partial charge in [0.1, 0.15) is 0 Å². The summed E-state index contributed by atoms with van der Waals surface area (Å²) in [6, 6.07) is 14.7. The lowest BCUT2D eigenvalue weighted by molar-refractivity contribution is -0.137. The second-order valence-electron chi connectivity index (χ2n) is 7.86. The maximum atomic E-state index is 13.0. The fourth-order valence-corrected chi connectivity index (χ4v) is 2.75. The summed E-state index contributed by atoms with van der Waals surface area (Å²) >= 11 is 0. The number of aromatic nitrogens is 3. The fourth-order valence-electron chi connectivity index (χ4n) is 2.75. The van der Waals surface area contributed by atoms with Gasteiger partial charge < -0.3 is 21.1 Å². The van der Waals surface area contributed by atoms with Gasteiger partial charge >= 0.3 is 6.18 Å². The number of alkyl halides is 3. The molecule has 0 fully saturated rings. The number of halogens is 3. The predicted octanol–water partition coefficient (Wildman–Crippen LogP) is 4.30. The molecule has 0 aliphatic rings. The highest BCUT2D eigenvalue weighted by Gasteiger charge is 2.30. The van der Waals surface area contributed by atoms with Crippen molar-refractivity contribution >= 4 is 17.8 Å². The summed E-state index contributed by atoms with van der Waals surface area (Å²) in [7, 11) is 0. The van der Waals surface area contributed by atoms with Crippen LogP contribution in [-0.4, -0.2) is 32.2 Å². The maximum absolute atomic E-state index is 13.0. The van der Waals surface area contributed by atoms with Gasteiger partial charge in [-0.2, -0.15) is 28.1 Å². The van der Waals surface area contributed by atoms with E-state index < -0.39 is 17.3 Å². The zero-order valence-corrected chi connectivity index (χ0v) is 17.7. The molecular formula is C22H25F3N6O. The number of hydrogen-bond donors (Lipinski definition) is 4. The Balaban J connectivity index is 1.78. The highest BCUT2D eigenvalue weighted by molar-refractivity contribution is 5.44. The van der Waals surface area contributed by atoms with Crippen molar-refractivity contribution < 1.29 is 18.3 Å². The third-order valence-corrected chi connectivity index (χ3v) is 4.48. The minimum atomic E-state index is -4.41. The van der Waals surface area contributed by atoms with Gasteiger partial charge in [0, 0.05) is 13.1 Å². The number of rotatable bonds is 9. The predicted molar refractivity (Wildman–Crippen MR) is 117 cm³/mol. The second-order valence-corrected chi connectivity index (χ2v) is 7.86. The van der Waals surface area contributed by atoms with E-state index in [1.54, 1.807) is 19.9 Å². The van der Waals surface area contributed by atoms with Crippen molar-refractivity contribution in [2.45, 2.75) is 38.7 Å². The van der Waals surface area contributed by atoms with Crippen LogP contribution in [-0.2, 0) is 19.3 Å². The van der Waals surface area contributed by atoms with Gasteiger partial charge in [0.25, 0.3) is 0 Å². The molecule has 1 aromatic heterocycles. The Morgan fingerprint density at radius 3 is 1.94 bits per heavy atom. The van der Waals surface area contributed by atoms with Crippen LogP contribution in [0, 0.1) is 0 Å². The van der Waals surface area contributed by atoms with E-state index in [4.69, 9.17) is 0 Å². The SMILES string of the molecule is CC(C)(CO)Nc1nc(NCc2ccccc2)nc(NCc2cccc(C(F)(F)F)c2)n1. The van der Waals surface area contributed by atoms with Crippen LogP contribution in [0.1, 0.15) is 30.5 Å². The van der Waals surface area contributed by atoms with Gasteiger partial charge in [-0.25, -0.2) is 0 Å². The molecule has 4 N–H and O–H groups in total. The van der Waals surface area contributed by atoms with E-state index in [0.717, 1.165) is 17.7 Å². The molecule has 0 aliphatic carbocycles. The number of aliphatic hydroxyl groups excluding tert-OH is 1. The molecule has 3 rings (SSSR count). The lowest BCUT2D eigenvalue weighted by Gasteiger charge is -2.23. The third kappa shape index (κ3) is 6.81. The highest BCUT2D eigenvalue weighted by atomic mass is 19.4. The van der Waals surface area contributed by atoms with E-state index in [1.807, 2.05) is 30.3 Å². The number of benzene rings is 2. The minimum Gasteiger partial charge on any atom is -0.394 e. The van der Waals surface area contributed by atoms with Crippen LogP contribution in [0.25, 0.3) is 0 Å². The molecule has 7 nitrogen and oxygen atoms in total. The van der Waals surface area contributed by atoms with Gasteiger partial charge in [0.15, 0.2) is 0 Å². The lowest BCUT2D eigenvalue weighted by atomic mass is 10.1. The summed E-state index contributed by atoms with van der Waals surface area (Å²) in [5.74, 6) is 0.692. The second kappa shape index (κ2) is 9.82. The first-order chi connectivity index (χ1) is 15.1. The first-order valence-electron chi connectivity index (χ1n) is 9.97. The van der Waals surface area contributed by atoms with Crippen molar-refractivity contribution in [3.63, 3.8) is 0 Å². The molecule has 0 amide bonds. The van der Waals surface area contributed by atoms with Crippen LogP contribution in [0.5, 0.6) is 0 Å². The molecule has 0 atom stereocenters. The van der Waals surface area contributed by atoms with Crippen LogP contribution < -0.4 is 16.0 Å². The van der Waals surface area contributed by atoms with E-state index in [2.05, 4.69) is 30.9 Å². The van der Waals surface area contributed by atoms with Crippen molar-refractivity contribution in [3.8, 4) is 0 Å². The Bertz CT molecular complexity index is 1030. The highest BCUT2D eigenvalue weighted by Crippen LogP contribution is 2.29. The Kier molecular flexibility index (Phi) is 7.14. The van der Waals surface area contributed by atoms with Gasteiger partial charge in [0.05, 0.1) is 17.7 Å². The Labute approximate surface area is 184 Å². The standard InChI is InChI=1S/C22H25F3N6O/c1-21(2,14-32)31-20-29-18(26-12-15-7-4-3-5-8-15)28-19(30-20)27-13-16-9-6-10-17(11-16)22(23,24)25/h3-11,32H,12-14H2,1-2H3,(H3,26,27,28,29,30,31). The van der Waals surface area contributed by atoms with Crippen LogP contribution in [0.15, 0.2) is 54.6 Å². The number of nitrogens with zero attached hydrogens (tertiary/aromatic N) is 3. The molecule has 0 bridgehead atoms. The molecule has 0 aliphatic heterocycles. The minimum absolute atomic E-state index is 0.0922. The molecule has 170 valence electrons. The zero-order valence-electron chi connectivity index (χ0n) is 17.7. The number of nitrogens with one attached hydrogen (secondary N) is 3. The van der Waals surface area contributed by atoms with Gasteiger partial charge in [-0.1, -0.05) is 42.5 Å². The Hall–Kier alpha value is -3.40. The molecular weight excluding hydrogens is 421 g/mol. The summed E-state index contributed by atoms with van der Waals surface area (Å²) in [6.07, 6.45) is -4.41. The average molecular weight is 446 g/mol. The van der Waals surface area contributed by atoms with Crippen molar-refractivity contribution in [1.29, 1.82) is 0 Å². The first-order valence-corrected chi connectivity index (χ1v) is 9.97. The van der Waals surface area contributed by atoms with Crippen LogP contribution in [0.4, 0.5) is 31.0 Å². The van der Waals surface area contributed by atoms with E-state index in [0.29, 0.717) is 12.1 Å². The van der Waals surface area contributed by atoms with Gasteiger partial charge in [0.2, 0.25) is 17.8 Å². The molecule has 0 saturated heterocycles. The summed E-state index contributed by atoms with van der Waals surface area (Å²) in [4.78, 5) is 13.0. The van der Waals surface area contributed by atoms with E-state index >= 15 is 0 Å². The fraction of sp³-hybridized carbons (Fsp3) is 0.318. The topological polar surface area (TPSA) is 95.0 Å². The molecule has 3 aromatic rings. The molecule has 0 unspecified atom stereocenters. The number of hydrogen-bond acceptors (Lipinski definition) is 7.